The third-order valence-electron chi connectivity index (χ3n) is 3.02. The van der Waals surface area contributed by atoms with Crippen LogP contribution >= 0.6 is 0 Å². The van der Waals surface area contributed by atoms with E-state index < -0.39 is 0 Å². The molecule has 0 bridgehead atoms. The highest BCUT2D eigenvalue weighted by atomic mass is 16.5. The maximum absolute atomic E-state index is 5.36. The van der Waals surface area contributed by atoms with E-state index in [9.17, 15) is 0 Å². The smallest absolute Gasteiger partial charge is 0.141 e. The van der Waals surface area contributed by atoms with Gasteiger partial charge >= 0.3 is 0 Å². The fourth-order valence-electron chi connectivity index (χ4n) is 1.94. The number of nitrogens with zero attached hydrogens (tertiary/aromatic N) is 3. The summed E-state index contributed by atoms with van der Waals surface area (Å²) >= 11 is 0. The second kappa shape index (κ2) is 3.90. The lowest BCUT2D eigenvalue weighted by atomic mass is 10.2. The minimum Gasteiger partial charge on any atom is -0.379 e. The molecule has 2 fully saturated rings. The molecule has 2 heterocycles. The summed E-state index contributed by atoms with van der Waals surface area (Å²) in [6, 6.07) is 1.11. The van der Waals surface area contributed by atoms with Gasteiger partial charge in [0, 0.05) is 12.6 Å². The van der Waals surface area contributed by atoms with E-state index in [4.69, 9.17) is 4.74 Å². The maximum atomic E-state index is 5.36. The van der Waals surface area contributed by atoms with Gasteiger partial charge in [0.05, 0.1) is 19.2 Å². The summed E-state index contributed by atoms with van der Waals surface area (Å²) in [4.78, 5) is 4.29. The first-order chi connectivity index (χ1) is 7.43. The van der Waals surface area contributed by atoms with Crippen molar-refractivity contribution in [1.82, 2.24) is 20.1 Å². The maximum Gasteiger partial charge on any atom is 0.141 e. The quantitative estimate of drug-likeness (QED) is 0.782. The van der Waals surface area contributed by atoms with Crippen molar-refractivity contribution in [3.63, 3.8) is 0 Å². The number of hydrogen-bond acceptors (Lipinski definition) is 4. The van der Waals surface area contributed by atoms with E-state index in [1.54, 1.807) is 6.33 Å². The molecule has 5 heteroatoms. The van der Waals surface area contributed by atoms with E-state index in [1.165, 1.54) is 12.8 Å². The molecule has 1 aromatic rings. The zero-order chi connectivity index (χ0) is 10.1. The molecule has 1 aliphatic heterocycles. The van der Waals surface area contributed by atoms with Crippen LogP contribution in [0.15, 0.2) is 6.33 Å². The standard InChI is InChI=1S/C10H16N4O/c1-2-8(1)11-5-10-12-7-13-14(10)9-3-4-15-6-9/h7-9,11H,1-6H2. The fraction of sp³-hybridized carbons (Fsp3) is 0.800. The third kappa shape index (κ3) is 2.03. The van der Waals surface area contributed by atoms with Crippen molar-refractivity contribution in [1.29, 1.82) is 0 Å². The summed E-state index contributed by atoms with van der Waals surface area (Å²) in [5, 5.41) is 7.74. The van der Waals surface area contributed by atoms with Gasteiger partial charge in [0.15, 0.2) is 0 Å². The molecule has 1 saturated carbocycles. The molecule has 15 heavy (non-hydrogen) atoms. The number of aromatic nitrogens is 3. The lowest BCUT2D eigenvalue weighted by Crippen LogP contribution is -2.21. The van der Waals surface area contributed by atoms with Gasteiger partial charge in [0.2, 0.25) is 0 Å². The highest BCUT2D eigenvalue weighted by Gasteiger charge is 2.24. The normalized spacial score (nSPS) is 26.0. The van der Waals surface area contributed by atoms with E-state index in [-0.39, 0.29) is 0 Å². The molecule has 3 rings (SSSR count). The highest BCUT2D eigenvalue weighted by molar-refractivity contribution is 4.91. The van der Waals surface area contributed by atoms with Gasteiger partial charge < -0.3 is 10.1 Å². The van der Waals surface area contributed by atoms with Crippen LogP contribution in [0.4, 0.5) is 0 Å². The largest absolute Gasteiger partial charge is 0.379 e. The average molecular weight is 208 g/mol. The monoisotopic (exact) mass is 208 g/mol. The molecule has 0 radical (unpaired) electrons. The van der Waals surface area contributed by atoms with Crippen molar-refractivity contribution in [2.24, 2.45) is 0 Å². The van der Waals surface area contributed by atoms with E-state index in [0.29, 0.717) is 6.04 Å². The van der Waals surface area contributed by atoms with Gasteiger partial charge in [0.1, 0.15) is 12.2 Å². The van der Waals surface area contributed by atoms with Gasteiger partial charge in [-0.15, -0.1) is 0 Å². The van der Waals surface area contributed by atoms with Crippen LogP contribution in [0, 0.1) is 0 Å². The molecule has 0 spiro atoms. The Labute approximate surface area is 88.8 Å². The Morgan fingerprint density at radius 1 is 1.47 bits per heavy atom. The Kier molecular flexibility index (Phi) is 2.42. The van der Waals surface area contributed by atoms with E-state index >= 15 is 0 Å². The lowest BCUT2D eigenvalue weighted by molar-refractivity contribution is 0.183. The molecule has 1 saturated heterocycles. The van der Waals surface area contributed by atoms with Crippen molar-refractivity contribution in [2.45, 2.75) is 37.9 Å². The second-order valence-corrected chi connectivity index (χ2v) is 4.29. The first kappa shape index (κ1) is 9.30. The fourth-order valence-corrected chi connectivity index (χ4v) is 1.94. The molecule has 1 aromatic heterocycles. The van der Waals surface area contributed by atoms with Gasteiger partial charge in [-0.2, -0.15) is 5.10 Å². The second-order valence-electron chi connectivity index (χ2n) is 4.29. The van der Waals surface area contributed by atoms with Crippen LogP contribution in [-0.2, 0) is 11.3 Å². The van der Waals surface area contributed by atoms with Crippen LogP contribution in [-0.4, -0.2) is 34.0 Å². The summed E-state index contributed by atoms with van der Waals surface area (Å²) in [6.07, 6.45) is 5.31. The van der Waals surface area contributed by atoms with E-state index in [0.717, 1.165) is 38.0 Å². The van der Waals surface area contributed by atoms with Crippen molar-refractivity contribution < 1.29 is 4.74 Å². The molecule has 1 atom stereocenters. The molecule has 2 aliphatic rings. The Morgan fingerprint density at radius 3 is 3.13 bits per heavy atom. The number of nitrogens with one attached hydrogen (secondary N) is 1. The predicted octanol–water partition coefficient (Wildman–Crippen LogP) is 0.491. The van der Waals surface area contributed by atoms with Gasteiger partial charge in [-0.05, 0) is 19.3 Å². The summed E-state index contributed by atoms with van der Waals surface area (Å²) in [5.41, 5.74) is 0. The summed E-state index contributed by atoms with van der Waals surface area (Å²) in [7, 11) is 0. The first-order valence-corrected chi connectivity index (χ1v) is 5.63. The molecule has 0 amide bonds. The Hall–Kier alpha value is -0.940. The molecule has 5 nitrogen and oxygen atoms in total. The van der Waals surface area contributed by atoms with Crippen molar-refractivity contribution in [3.8, 4) is 0 Å². The Morgan fingerprint density at radius 2 is 2.40 bits per heavy atom. The molecule has 1 aliphatic carbocycles. The SMILES string of the molecule is c1nc(CNC2CC2)n(C2CCOC2)n1. The van der Waals surface area contributed by atoms with Crippen LogP contribution < -0.4 is 5.32 Å². The highest BCUT2D eigenvalue weighted by Crippen LogP contribution is 2.21. The van der Waals surface area contributed by atoms with Gasteiger partial charge in [-0.25, -0.2) is 9.67 Å². The Bertz CT molecular complexity index is 328. The third-order valence-corrected chi connectivity index (χ3v) is 3.02. The molecular weight excluding hydrogens is 192 g/mol. The average Bonchev–Trinajstić information content (AvgIpc) is 2.79. The molecule has 0 aromatic carbocycles. The van der Waals surface area contributed by atoms with Crippen LogP contribution in [0.1, 0.15) is 31.1 Å². The molecular formula is C10H16N4O. The van der Waals surface area contributed by atoms with Gasteiger partial charge in [-0.3, -0.25) is 0 Å². The summed E-state index contributed by atoms with van der Waals surface area (Å²) in [6.45, 7) is 2.46. The zero-order valence-electron chi connectivity index (χ0n) is 8.72. The summed E-state index contributed by atoms with van der Waals surface area (Å²) < 4.78 is 7.38. The van der Waals surface area contributed by atoms with Crippen molar-refractivity contribution in [2.75, 3.05) is 13.2 Å². The Balaban J connectivity index is 1.67. The van der Waals surface area contributed by atoms with Gasteiger partial charge in [0.25, 0.3) is 0 Å². The van der Waals surface area contributed by atoms with Crippen molar-refractivity contribution >= 4 is 0 Å². The number of ether oxygens (including phenoxy) is 1. The molecule has 1 N–H and O–H groups in total. The van der Waals surface area contributed by atoms with E-state index in [2.05, 4.69) is 15.4 Å². The molecule has 82 valence electrons. The first-order valence-electron chi connectivity index (χ1n) is 5.63. The van der Waals surface area contributed by atoms with Crippen molar-refractivity contribution in [3.05, 3.63) is 12.2 Å². The molecule has 1 unspecified atom stereocenters. The van der Waals surface area contributed by atoms with Crippen LogP contribution in [0.3, 0.4) is 0 Å². The van der Waals surface area contributed by atoms with Crippen LogP contribution in [0.25, 0.3) is 0 Å². The minimum absolute atomic E-state index is 0.392. The topological polar surface area (TPSA) is 52.0 Å². The number of rotatable bonds is 4. The lowest BCUT2D eigenvalue weighted by Gasteiger charge is -2.11. The summed E-state index contributed by atoms with van der Waals surface area (Å²) in [5.74, 6) is 1.04. The van der Waals surface area contributed by atoms with Crippen LogP contribution in [0.5, 0.6) is 0 Å². The number of hydrogen-bond donors (Lipinski definition) is 1. The van der Waals surface area contributed by atoms with E-state index in [1.807, 2.05) is 4.68 Å². The zero-order valence-corrected chi connectivity index (χ0v) is 8.72. The van der Waals surface area contributed by atoms with Gasteiger partial charge in [-0.1, -0.05) is 0 Å². The predicted molar refractivity (Wildman–Crippen MR) is 54.4 cm³/mol. The van der Waals surface area contributed by atoms with Crippen LogP contribution in [0.2, 0.25) is 0 Å². The minimum atomic E-state index is 0.392.